The highest BCUT2D eigenvalue weighted by Crippen LogP contribution is 2.22. The molecule has 6 heteroatoms. The van der Waals surface area contributed by atoms with Crippen LogP contribution in [0.1, 0.15) is 51.4 Å². The molecule has 0 aromatic rings. The van der Waals surface area contributed by atoms with Crippen LogP contribution in [0.5, 0.6) is 0 Å². The van der Waals surface area contributed by atoms with Crippen LogP contribution in [0.25, 0.3) is 0 Å². The lowest BCUT2D eigenvalue weighted by atomic mass is 9.82. The molecule has 1 amide bonds. The molecule has 130 valence electrons. The molecule has 0 aliphatic carbocycles. The molecule has 2 atom stereocenters. The molecule has 0 radical (unpaired) electrons. The van der Waals surface area contributed by atoms with Gasteiger partial charge in [-0.2, -0.15) is 0 Å². The molecule has 2 unspecified atom stereocenters. The Morgan fingerprint density at radius 3 is 1.73 bits per heavy atom. The van der Waals surface area contributed by atoms with Crippen LogP contribution in [-0.2, 0) is 4.79 Å². The molecule has 0 aromatic carbocycles. The Morgan fingerprint density at radius 1 is 0.818 bits per heavy atom. The number of rotatable bonds is 3. The first-order valence-electron chi connectivity index (χ1n) is 8.82. The molecule has 3 saturated heterocycles. The topological polar surface area (TPSA) is 53.5 Å². The minimum Gasteiger partial charge on any atom is -1.00 e. The zero-order valence-corrected chi connectivity index (χ0v) is 15.0. The Balaban J connectivity index is 0.00000121. The van der Waals surface area contributed by atoms with Gasteiger partial charge in [0.25, 0.3) is 0 Å². The molecule has 3 aliphatic heterocycles. The number of carbonyl (C=O) groups is 1. The third kappa shape index (κ3) is 4.73. The van der Waals surface area contributed by atoms with Crippen molar-refractivity contribution in [3.05, 3.63) is 0 Å². The normalized spacial score (nSPS) is 30.1. The first-order chi connectivity index (χ1) is 9.86. The van der Waals surface area contributed by atoms with Gasteiger partial charge in [-0.1, -0.05) is 0 Å². The molecule has 3 heterocycles. The highest BCUT2D eigenvalue weighted by molar-refractivity contribution is 5.80. The third-order valence-corrected chi connectivity index (χ3v) is 5.55. The largest absolute Gasteiger partial charge is 1.00 e. The zero-order valence-electron chi connectivity index (χ0n) is 13.5. The number of likely N-dealkylation sites (tertiary alicyclic amines) is 1. The predicted molar refractivity (Wildman–Crippen MR) is 78.2 cm³/mol. The number of piperidine rings is 2. The van der Waals surface area contributed by atoms with Crippen LogP contribution < -0.4 is 35.4 Å². The van der Waals surface area contributed by atoms with Crippen molar-refractivity contribution in [2.75, 3.05) is 26.2 Å². The van der Waals surface area contributed by atoms with E-state index in [2.05, 4.69) is 15.5 Å². The molecule has 3 aliphatic rings. The first kappa shape index (κ1) is 20.0. The van der Waals surface area contributed by atoms with Crippen LogP contribution in [0.2, 0.25) is 0 Å². The summed E-state index contributed by atoms with van der Waals surface area (Å²) in [5, 5.41) is 4.95. The van der Waals surface area contributed by atoms with Crippen LogP contribution in [0.4, 0.5) is 0 Å². The number of hydrogen-bond donors (Lipinski definition) is 2. The SMILES string of the molecule is O=C(C(C1CCCC[NH2+]1)C1CCCC[NH2+]1)N1CCCC1.[Cl-].[Cl-]. The fraction of sp³-hybridized carbons (Fsp3) is 0.938. The van der Waals surface area contributed by atoms with Gasteiger partial charge in [-0.05, 0) is 38.5 Å². The van der Waals surface area contributed by atoms with Gasteiger partial charge in [0.15, 0.2) is 0 Å². The van der Waals surface area contributed by atoms with Gasteiger partial charge >= 0.3 is 0 Å². The standard InChI is InChI=1S/C16H29N3O.2ClH/c20-16(19-11-5-6-12-19)15(13-7-1-3-9-17-13)14-8-2-4-10-18-14;;/h13-15,17-18H,1-12H2;2*1H. The highest BCUT2D eigenvalue weighted by Gasteiger charge is 2.43. The van der Waals surface area contributed by atoms with Crippen molar-refractivity contribution in [3.63, 3.8) is 0 Å². The summed E-state index contributed by atoms with van der Waals surface area (Å²) in [6.45, 7) is 4.46. The summed E-state index contributed by atoms with van der Waals surface area (Å²) in [6.07, 6.45) is 10.2. The number of quaternary nitrogens is 2. The number of hydrogen-bond acceptors (Lipinski definition) is 1. The van der Waals surface area contributed by atoms with E-state index in [1.807, 2.05) is 0 Å². The van der Waals surface area contributed by atoms with E-state index >= 15 is 0 Å². The minimum absolute atomic E-state index is 0. The van der Waals surface area contributed by atoms with Gasteiger partial charge < -0.3 is 40.3 Å². The van der Waals surface area contributed by atoms with Gasteiger partial charge in [0.05, 0.1) is 13.1 Å². The molecule has 0 aromatic heterocycles. The van der Waals surface area contributed by atoms with Gasteiger partial charge in [0, 0.05) is 25.9 Å². The number of nitrogens with zero attached hydrogens (tertiary/aromatic N) is 1. The lowest BCUT2D eigenvalue weighted by Crippen LogP contribution is -3.00. The number of halogens is 2. The zero-order chi connectivity index (χ0) is 13.8. The van der Waals surface area contributed by atoms with Crippen molar-refractivity contribution >= 4 is 5.91 Å². The summed E-state index contributed by atoms with van der Waals surface area (Å²) < 4.78 is 0. The van der Waals surface area contributed by atoms with Crippen molar-refractivity contribution in [2.45, 2.75) is 63.5 Å². The first-order valence-corrected chi connectivity index (χ1v) is 8.82. The third-order valence-electron chi connectivity index (χ3n) is 5.55. The number of amides is 1. The van der Waals surface area contributed by atoms with E-state index < -0.39 is 0 Å². The molecular formula is C16H31Cl2N3O. The Hall–Kier alpha value is -0.0300. The summed E-state index contributed by atoms with van der Waals surface area (Å²) in [5.74, 6) is 0.752. The van der Waals surface area contributed by atoms with E-state index in [1.165, 1.54) is 64.5 Å². The molecule has 4 N–H and O–H groups in total. The quantitative estimate of drug-likeness (QED) is 0.522. The van der Waals surface area contributed by atoms with E-state index in [1.54, 1.807) is 0 Å². The average Bonchev–Trinajstić information content (AvgIpc) is 3.04. The Morgan fingerprint density at radius 2 is 1.32 bits per heavy atom. The van der Waals surface area contributed by atoms with Gasteiger partial charge in [-0.25, -0.2) is 0 Å². The van der Waals surface area contributed by atoms with Gasteiger partial charge in [0.2, 0.25) is 5.91 Å². The molecule has 3 rings (SSSR count). The Kier molecular flexibility index (Phi) is 9.07. The highest BCUT2D eigenvalue weighted by atomic mass is 35.5. The van der Waals surface area contributed by atoms with Crippen molar-refractivity contribution in [3.8, 4) is 0 Å². The lowest BCUT2D eigenvalue weighted by Gasteiger charge is -2.35. The Bertz CT molecular complexity index is 307. The molecule has 0 spiro atoms. The summed E-state index contributed by atoms with van der Waals surface area (Å²) in [5.41, 5.74) is 0. The van der Waals surface area contributed by atoms with E-state index in [0.717, 1.165) is 13.1 Å². The number of nitrogens with two attached hydrogens (primary N) is 2. The molecule has 22 heavy (non-hydrogen) atoms. The van der Waals surface area contributed by atoms with Crippen molar-refractivity contribution in [1.29, 1.82) is 0 Å². The van der Waals surface area contributed by atoms with Crippen molar-refractivity contribution in [1.82, 2.24) is 4.90 Å². The van der Waals surface area contributed by atoms with Crippen LogP contribution in [0, 0.1) is 5.92 Å². The van der Waals surface area contributed by atoms with E-state index in [9.17, 15) is 4.79 Å². The van der Waals surface area contributed by atoms with E-state index in [4.69, 9.17) is 0 Å². The maximum absolute atomic E-state index is 13.0. The molecule has 4 nitrogen and oxygen atoms in total. The minimum atomic E-state index is 0. The maximum atomic E-state index is 13.0. The Labute approximate surface area is 147 Å². The molecular weight excluding hydrogens is 321 g/mol. The second kappa shape index (κ2) is 9.96. The van der Waals surface area contributed by atoms with Crippen LogP contribution in [0.3, 0.4) is 0 Å². The smallest absolute Gasteiger partial charge is 0.237 e. The monoisotopic (exact) mass is 351 g/mol. The van der Waals surface area contributed by atoms with Crippen molar-refractivity contribution in [2.24, 2.45) is 5.92 Å². The predicted octanol–water partition coefficient (Wildman–Crippen LogP) is -6.54. The summed E-state index contributed by atoms with van der Waals surface area (Å²) in [4.78, 5) is 15.2. The molecule has 0 bridgehead atoms. The fourth-order valence-electron chi connectivity index (χ4n) is 4.43. The van der Waals surface area contributed by atoms with E-state index in [-0.39, 0.29) is 30.7 Å². The van der Waals surface area contributed by atoms with Gasteiger partial charge in [-0.15, -0.1) is 0 Å². The van der Waals surface area contributed by atoms with Crippen LogP contribution in [-0.4, -0.2) is 49.1 Å². The molecule has 0 saturated carbocycles. The molecule has 3 fully saturated rings. The second-order valence-electron chi connectivity index (χ2n) is 6.93. The van der Waals surface area contributed by atoms with Crippen LogP contribution >= 0.6 is 0 Å². The second-order valence-corrected chi connectivity index (χ2v) is 6.93. The van der Waals surface area contributed by atoms with Gasteiger partial charge in [0.1, 0.15) is 18.0 Å². The lowest BCUT2D eigenvalue weighted by molar-refractivity contribution is -0.736. The average molecular weight is 352 g/mol. The summed E-state index contributed by atoms with van der Waals surface area (Å²) in [7, 11) is 0. The summed E-state index contributed by atoms with van der Waals surface area (Å²) in [6, 6.07) is 1.10. The van der Waals surface area contributed by atoms with Gasteiger partial charge in [-0.3, -0.25) is 4.79 Å². The summed E-state index contributed by atoms with van der Waals surface area (Å²) >= 11 is 0. The van der Waals surface area contributed by atoms with E-state index in [0.29, 0.717) is 18.0 Å². The fourth-order valence-corrected chi connectivity index (χ4v) is 4.43. The number of carbonyl (C=O) groups excluding carboxylic acids is 1. The maximum Gasteiger partial charge on any atom is 0.237 e. The van der Waals surface area contributed by atoms with Crippen molar-refractivity contribution < 1.29 is 40.2 Å². The van der Waals surface area contributed by atoms with Crippen LogP contribution in [0.15, 0.2) is 0 Å².